The van der Waals surface area contributed by atoms with Crippen LogP contribution in [0.25, 0.3) is 0 Å². The first-order valence-electron chi connectivity index (χ1n) is 4.40. The molecule has 0 radical (unpaired) electrons. The number of aliphatic hydroxyl groups is 1. The predicted molar refractivity (Wildman–Crippen MR) is 50.5 cm³/mol. The predicted octanol–water partition coefficient (Wildman–Crippen LogP) is 0.337. The lowest BCUT2D eigenvalue weighted by molar-refractivity contribution is 0.0552. The molecule has 0 saturated heterocycles. The van der Waals surface area contributed by atoms with Gasteiger partial charge in [-0.3, -0.25) is 4.79 Å². The van der Waals surface area contributed by atoms with E-state index in [1.54, 1.807) is 0 Å². The number of methoxy groups -OCH3 is 1. The quantitative estimate of drug-likeness (QED) is 0.698. The first kappa shape index (κ1) is 9.79. The molecule has 0 unspecified atom stereocenters. The third kappa shape index (κ3) is 1.41. The molecule has 1 aromatic carbocycles. The summed E-state index contributed by atoms with van der Waals surface area (Å²) in [6.07, 6.45) is -1.23. The number of hydrogen-bond acceptors (Lipinski definition) is 5. The highest BCUT2D eigenvalue weighted by molar-refractivity contribution is 6.05. The van der Waals surface area contributed by atoms with E-state index in [9.17, 15) is 15.0 Å². The summed E-state index contributed by atoms with van der Waals surface area (Å²) >= 11 is 0. The van der Waals surface area contributed by atoms with E-state index in [0.717, 1.165) is 0 Å². The molecule has 1 aliphatic heterocycles. The zero-order valence-corrected chi connectivity index (χ0v) is 8.06. The summed E-state index contributed by atoms with van der Waals surface area (Å²) in [4.78, 5) is 11.6. The second-order valence-electron chi connectivity index (χ2n) is 3.18. The van der Waals surface area contributed by atoms with Crippen molar-refractivity contribution in [3.05, 3.63) is 17.7 Å². The maximum absolute atomic E-state index is 11.6. The minimum Gasteiger partial charge on any atom is -0.504 e. The van der Waals surface area contributed by atoms with E-state index in [1.807, 2.05) is 0 Å². The van der Waals surface area contributed by atoms with Crippen LogP contribution >= 0.6 is 0 Å². The second kappa shape index (κ2) is 3.43. The van der Waals surface area contributed by atoms with Gasteiger partial charge in [0.15, 0.2) is 17.6 Å². The summed E-state index contributed by atoms with van der Waals surface area (Å²) in [5.41, 5.74) is -0.0203. The molecule has 2 rings (SSSR count). The molecule has 0 aromatic heterocycles. The van der Waals surface area contributed by atoms with E-state index in [1.165, 1.54) is 19.2 Å². The van der Waals surface area contributed by atoms with Crippen LogP contribution in [0, 0.1) is 0 Å². The van der Waals surface area contributed by atoms with Gasteiger partial charge in [0, 0.05) is 0 Å². The highest BCUT2D eigenvalue weighted by Gasteiger charge is 2.31. The van der Waals surface area contributed by atoms with Gasteiger partial charge in [-0.15, -0.1) is 0 Å². The van der Waals surface area contributed by atoms with E-state index in [0.29, 0.717) is 0 Å². The largest absolute Gasteiger partial charge is 0.504 e. The molecule has 0 aliphatic carbocycles. The maximum atomic E-state index is 11.6. The molecule has 80 valence electrons. The highest BCUT2D eigenvalue weighted by Crippen LogP contribution is 2.38. The number of phenolic OH excluding ortho intramolecular Hbond substituents is 1. The van der Waals surface area contributed by atoms with Crippen LogP contribution in [0.3, 0.4) is 0 Å². The Morgan fingerprint density at radius 2 is 2.27 bits per heavy atom. The van der Waals surface area contributed by atoms with Gasteiger partial charge in [0.2, 0.25) is 5.78 Å². The number of rotatable bonds is 1. The Kier molecular flexibility index (Phi) is 2.24. The van der Waals surface area contributed by atoms with Crippen LogP contribution in [0.15, 0.2) is 12.1 Å². The molecule has 15 heavy (non-hydrogen) atoms. The number of ether oxygens (including phenoxy) is 2. The van der Waals surface area contributed by atoms with Crippen LogP contribution in [0.2, 0.25) is 0 Å². The number of benzene rings is 1. The van der Waals surface area contributed by atoms with Crippen molar-refractivity contribution in [1.29, 1.82) is 0 Å². The lowest BCUT2D eigenvalue weighted by Gasteiger charge is -2.21. The van der Waals surface area contributed by atoms with Crippen LogP contribution in [0.1, 0.15) is 10.4 Å². The Morgan fingerprint density at radius 3 is 2.93 bits per heavy atom. The van der Waals surface area contributed by atoms with Crippen LogP contribution in [-0.4, -0.2) is 35.8 Å². The summed E-state index contributed by atoms with van der Waals surface area (Å²) in [5, 5.41) is 19.0. The van der Waals surface area contributed by atoms with E-state index in [2.05, 4.69) is 0 Å². The van der Waals surface area contributed by atoms with Gasteiger partial charge in [0.05, 0.1) is 7.11 Å². The van der Waals surface area contributed by atoms with Gasteiger partial charge in [-0.1, -0.05) is 0 Å². The zero-order valence-electron chi connectivity index (χ0n) is 8.06. The molecule has 1 aliphatic rings. The Morgan fingerprint density at radius 1 is 1.53 bits per heavy atom. The van der Waals surface area contributed by atoms with E-state index in [4.69, 9.17) is 9.47 Å². The first-order chi connectivity index (χ1) is 7.15. The van der Waals surface area contributed by atoms with Crippen molar-refractivity contribution in [1.82, 2.24) is 0 Å². The molecule has 1 aromatic rings. The smallest absolute Gasteiger partial charge is 0.202 e. The zero-order chi connectivity index (χ0) is 11.0. The number of ketones is 1. The summed E-state index contributed by atoms with van der Waals surface area (Å²) < 4.78 is 9.96. The molecule has 1 atom stereocenters. The van der Waals surface area contributed by atoms with Crippen LogP contribution in [0.4, 0.5) is 0 Å². The Bertz CT molecular complexity index is 413. The molecule has 5 nitrogen and oxygen atoms in total. The lowest BCUT2D eigenvalue weighted by atomic mass is 10.0. The van der Waals surface area contributed by atoms with Gasteiger partial charge < -0.3 is 19.7 Å². The number of aromatic hydroxyl groups is 1. The Labute approximate surface area is 85.9 Å². The Balaban J connectivity index is 2.58. The van der Waals surface area contributed by atoms with Crippen LogP contribution < -0.4 is 9.47 Å². The summed E-state index contributed by atoms with van der Waals surface area (Å²) in [5.74, 6) is -0.394. The number of fused-ring (bicyclic) bond motifs is 1. The fraction of sp³-hybridized carbons (Fsp3) is 0.300. The molecular formula is C10H10O5. The molecule has 0 amide bonds. The van der Waals surface area contributed by atoms with Crippen LogP contribution in [0.5, 0.6) is 17.2 Å². The monoisotopic (exact) mass is 210 g/mol. The number of phenols is 1. The van der Waals surface area contributed by atoms with Crippen molar-refractivity contribution in [2.24, 2.45) is 0 Å². The number of aliphatic hydroxyl groups excluding tert-OH is 1. The lowest BCUT2D eigenvalue weighted by Crippen LogP contribution is -2.32. The van der Waals surface area contributed by atoms with E-state index < -0.39 is 11.9 Å². The summed E-state index contributed by atoms with van der Waals surface area (Å²) in [7, 11) is 1.38. The maximum Gasteiger partial charge on any atom is 0.202 e. The molecule has 0 saturated carbocycles. The number of hydrogen-bond donors (Lipinski definition) is 2. The normalized spacial score (nSPS) is 19.3. The van der Waals surface area contributed by atoms with E-state index >= 15 is 0 Å². The van der Waals surface area contributed by atoms with Gasteiger partial charge in [0.1, 0.15) is 17.9 Å². The van der Waals surface area contributed by atoms with Crippen LogP contribution in [-0.2, 0) is 0 Å². The molecule has 2 N–H and O–H groups in total. The SMILES string of the molecule is COc1ccc2c(c1O)C(=O)[C@@H](O)CO2. The fourth-order valence-corrected chi connectivity index (χ4v) is 1.49. The number of carbonyl (C=O) groups excluding carboxylic acids is 1. The third-order valence-electron chi connectivity index (χ3n) is 2.27. The van der Waals surface area contributed by atoms with E-state index in [-0.39, 0.29) is 29.4 Å². The molecule has 1 heterocycles. The highest BCUT2D eigenvalue weighted by atomic mass is 16.5. The van der Waals surface area contributed by atoms with Crippen molar-refractivity contribution in [2.75, 3.05) is 13.7 Å². The third-order valence-corrected chi connectivity index (χ3v) is 2.27. The van der Waals surface area contributed by atoms with Crippen molar-refractivity contribution in [2.45, 2.75) is 6.10 Å². The van der Waals surface area contributed by atoms with Gasteiger partial charge in [-0.2, -0.15) is 0 Å². The van der Waals surface area contributed by atoms with Crippen molar-refractivity contribution < 1.29 is 24.5 Å². The molecule has 0 fully saturated rings. The summed E-state index contributed by atoms with van der Waals surface area (Å²) in [6, 6.07) is 3.02. The van der Waals surface area contributed by atoms with Crippen molar-refractivity contribution in [3.63, 3.8) is 0 Å². The van der Waals surface area contributed by atoms with Crippen molar-refractivity contribution >= 4 is 5.78 Å². The van der Waals surface area contributed by atoms with Gasteiger partial charge in [-0.25, -0.2) is 0 Å². The topological polar surface area (TPSA) is 76.0 Å². The van der Waals surface area contributed by atoms with Gasteiger partial charge in [-0.05, 0) is 12.1 Å². The number of Topliss-reactive ketones (excluding diaryl/α,β-unsaturated/α-hetero) is 1. The average Bonchev–Trinajstić information content (AvgIpc) is 2.24. The molecule has 0 spiro atoms. The molecule has 0 bridgehead atoms. The van der Waals surface area contributed by atoms with Crippen molar-refractivity contribution in [3.8, 4) is 17.2 Å². The fourth-order valence-electron chi connectivity index (χ4n) is 1.49. The minimum atomic E-state index is -1.23. The van der Waals surface area contributed by atoms with Gasteiger partial charge >= 0.3 is 0 Å². The number of carbonyl (C=O) groups is 1. The first-order valence-corrected chi connectivity index (χ1v) is 4.40. The summed E-state index contributed by atoms with van der Waals surface area (Å²) in [6.45, 7) is -0.0857. The molecule has 5 heteroatoms. The minimum absolute atomic E-state index is 0.0203. The molecular weight excluding hydrogens is 200 g/mol. The Hall–Kier alpha value is -1.75. The van der Waals surface area contributed by atoms with Gasteiger partial charge in [0.25, 0.3) is 0 Å². The average molecular weight is 210 g/mol. The second-order valence-corrected chi connectivity index (χ2v) is 3.18. The standard InChI is InChI=1S/C10H10O5/c1-14-7-3-2-6-8(10(7)13)9(12)5(11)4-15-6/h2-3,5,11,13H,4H2,1H3/t5-/m0/s1.